The van der Waals surface area contributed by atoms with Gasteiger partial charge in [-0.2, -0.15) is 13.2 Å². The van der Waals surface area contributed by atoms with Gasteiger partial charge in [0.2, 0.25) is 0 Å². The Kier molecular flexibility index (Phi) is 4.49. The van der Waals surface area contributed by atoms with Crippen molar-refractivity contribution >= 4 is 17.3 Å². The van der Waals surface area contributed by atoms with Crippen LogP contribution in [0.1, 0.15) is 19.4 Å². The van der Waals surface area contributed by atoms with E-state index in [1.165, 1.54) is 12.1 Å². The largest absolute Gasteiger partial charge is 0.418 e. The van der Waals surface area contributed by atoms with Crippen LogP contribution in [0, 0.1) is 5.92 Å². The summed E-state index contributed by atoms with van der Waals surface area (Å²) in [6.45, 7) is 5.35. The van der Waals surface area contributed by atoms with Crippen molar-refractivity contribution in [3.8, 4) is 0 Å². The standard InChI is InChI=1S/C14H17ClF3NO/c1-9(2)13-8-19(5-6-20-13)12-4-3-10(15)7-11(12)14(16,17)18/h3-4,7,9,13H,5-6,8H2,1-2H3. The maximum absolute atomic E-state index is 13.1. The molecule has 0 radical (unpaired) electrons. The molecule has 1 aliphatic heterocycles. The van der Waals surface area contributed by atoms with Gasteiger partial charge in [0.15, 0.2) is 0 Å². The van der Waals surface area contributed by atoms with E-state index in [4.69, 9.17) is 16.3 Å². The fourth-order valence-corrected chi connectivity index (χ4v) is 2.48. The molecule has 1 atom stereocenters. The smallest absolute Gasteiger partial charge is 0.374 e. The lowest BCUT2D eigenvalue weighted by atomic mass is 10.0. The van der Waals surface area contributed by atoms with Gasteiger partial charge < -0.3 is 9.64 Å². The average Bonchev–Trinajstić information content (AvgIpc) is 2.37. The van der Waals surface area contributed by atoms with Crippen LogP contribution in [0.25, 0.3) is 0 Å². The van der Waals surface area contributed by atoms with Crippen molar-refractivity contribution in [3.05, 3.63) is 28.8 Å². The number of anilines is 1. The zero-order chi connectivity index (χ0) is 14.9. The maximum atomic E-state index is 13.1. The van der Waals surface area contributed by atoms with Crippen molar-refractivity contribution < 1.29 is 17.9 Å². The molecule has 1 heterocycles. The van der Waals surface area contributed by atoms with Crippen LogP contribution >= 0.6 is 11.6 Å². The summed E-state index contributed by atoms with van der Waals surface area (Å²) in [5.74, 6) is 0.263. The fraction of sp³-hybridized carbons (Fsp3) is 0.571. The highest BCUT2D eigenvalue weighted by Gasteiger charge is 2.36. The lowest BCUT2D eigenvalue weighted by Gasteiger charge is -2.37. The molecule has 1 unspecified atom stereocenters. The van der Waals surface area contributed by atoms with Gasteiger partial charge in [0.25, 0.3) is 0 Å². The van der Waals surface area contributed by atoms with Gasteiger partial charge in [-0.1, -0.05) is 25.4 Å². The molecule has 0 bridgehead atoms. The van der Waals surface area contributed by atoms with Crippen LogP contribution in [0.4, 0.5) is 18.9 Å². The van der Waals surface area contributed by atoms with E-state index in [-0.39, 0.29) is 22.7 Å². The van der Waals surface area contributed by atoms with Crippen molar-refractivity contribution in [1.82, 2.24) is 0 Å². The van der Waals surface area contributed by atoms with Gasteiger partial charge in [0.1, 0.15) is 0 Å². The predicted molar refractivity (Wildman–Crippen MR) is 73.2 cm³/mol. The number of benzene rings is 1. The highest BCUT2D eigenvalue weighted by atomic mass is 35.5. The molecule has 1 aliphatic rings. The third-order valence-electron chi connectivity index (χ3n) is 3.44. The van der Waals surface area contributed by atoms with E-state index in [2.05, 4.69) is 0 Å². The van der Waals surface area contributed by atoms with Gasteiger partial charge in [-0.05, 0) is 24.1 Å². The Morgan fingerprint density at radius 3 is 2.65 bits per heavy atom. The Morgan fingerprint density at radius 1 is 1.35 bits per heavy atom. The summed E-state index contributed by atoms with van der Waals surface area (Å²) in [6, 6.07) is 3.91. The second-order valence-electron chi connectivity index (χ2n) is 5.26. The van der Waals surface area contributed by atoms with Gasteiger partial charge in [0.05, 0.1) is 18.3 Å². The SMILES string of the molecule is CC(C)C1CN(c2ccc(Cl)cc2C(F)(F)F)CCO1. The molecule has 1 fully saturated rings. The Morgan fingerprint density at radius 2 is 2.05 bits per heavy atom. The number of ether oxygens (including phenoxy) is 1. The molecule has 6 heteroatoms. The number of halogens is 4. The molecule has 1 aromatic rings. The van der Waals surface area contributed by atoms with E-state index in [0.29, 0.717) is 19.7 Å². The average molecular weight is 308 g/mol. The fourth-order valence-electron chi connectivity index (χ4n) is 2.31. The minimum atomic E-state index is -4.41. The molecule has 0 aromatic heterocycles. The monoisotopic (exact) mass is 307 g/mol. The molecule has 2 nitrogen and oxygen atoms in total. The molecule has 0 spiro atoms. The molecule has 1 saturated heterocycles. The summed E-state index contributed by atoms with van der Waals surface area (Å²) >= 11 is 5.70. The minimum absolute atomic E-state index is 0.0551. The normalized spacial score (nSPS) is 20.6. The van der Waals surface area contributed by atoms with Gasteiger partial charge in [-0.25, -0.2) is 0 Å². The molecule has 0 saturated carbocycles. The molecular formula is C14H17ClF3NO. The third-order valence-corrected chi connectivity index (χ3v) is 3.68. The van der Waals surface area contributed by atoms with E-state index in [0.717, 1.165) is 6.07 Å². The second-order valence-corrected chi connectivity index (χ2v) is 5.69. The summed E-state index contributed by atoms with van der Waals surface area (Å²) in [5.41, 5.74) is -0.509. The first kappa shape index (κ1) is 15.4. The molecule has 0 N–H and O–H groups in total. The topological polar surface area (TPSA) is 12.5 Å². The molecule has 2 rings (SSSR count). The Labute approximate surface area is 121 Å². The van der Waals surface area contributed by atoms with Crippen LogP contribution in [-0.4, -0.2) is 25.8 Å². The Bertz CT molecular complexity index is 476. The second kappa shape index (κ2) is 5.82. The summed E-state index contributed by atoms with van der Waals surface area (Å²) in [7, 11) is 0. The van der Waals surface area contributed by atoms with Crippen LogP contribution in [-0.2, 0) is 10.9 Å². The van der Waals surface area contributed by atoms with E-state index in [9.17, 15) is 13.2 Å². The quantitative estimate of drug-likeness (QED) is 0.811. The lowest BCUT2D eigenvalue weighted by molar-refractivity contribution is -0.137. The molecular weight excluding hydrogens is 291 g/mol. The molecule has 0 amide bonds. The van der Waals surface area contributed by atoms with Crippen LogP contribution in [0.2, 0.25) is 5.02 Å². The number of rotatable bonds is 2. The zero-order valence-corrected chi connectivity index (χ0v) is 12.1. The van der Waals surface area contributed by atoms with Crippen molar-refractivity contribution in [2.24, 2.45) is 5.92 Å². The van der Waals surface area contributed by atoms with E-state index in [1.54, 1.807) is 4.90 Å². The molecule has 1 aromatic carbocycles. The first-order chi connectivity index (χ1) is 9.29. The number of hydrogen-bond acceptors (Lipinski definition) is 2. The number of hydrogen-bond donors (Lipinski definition) is 0. The lowest BCUT2D eigenvalue weighted by Crippen LogP contribution is -2.45. The molecule has 112 valence electrons. The molecule has 0 aliphatic carbocycles. The summed E-state index contributed by atoms with van der Waals surface area (Å²) < 4.78 is 45.0. The van der Waals surface area contributed by atoms with Crippen LogP contribution in [0.5, 0.6) is 0 Å². The Balaban J connectivity index is 2.32. The maximum Gasteiger partial charge on any atom is 0.418 e. The van der Waals surface area contributed by atoms with Crippen molar-refractivity contribution in [2.75, 3.05) is 24.6 Å². The van der Waals surface area contributed by atoms with Crippen LogP contribution in [0.3, 0.4) is 0 Å². The summed E-state index contributed by atoms with van der Waals surface area (Å²) in [4.78, 5) is 1.73. The van der Waals surface area contributed by atoms with Crippen LogP contribution < -0.4 is 4.90 Å². The van der Waals surface area contributed by atoms with Gasteiger partial charge in [-0.3, -0.25) is 0 Å². The molecule has 20 heavy (non-hydrogen) atoms. The van der Waals surface area contributed by atoms with Gasteiger partial charge >= 0.3 is 6.18 Å². The first-order valence-corrected chi connectivity index (χ1v) is 6.90. The number of morpholine rings is 1. The minimum Gasteiger partial charge on any atom is -0.374 e. The number of nitrogens with zero attached hydrogens (tertiary/aromatic N) is 1. The highest BCUT2D eigenvalue weighted by molar-refractivity contribution is 6.30. The summed E-state index contributed by atoms with van der Waals surface area (Å²) in [6.07, 6.45) is -4.47. The van der Waals surface area contributed by atoms with Crippen molar-refractivity contribution in [2.45, 2.75) is 26.1 Å². The van der Waals surface area contributed by atoms with Crippen molar-refractivity contribution in [3.63, 3.8) is 0 Å². The highest BCUT2D eigenvalue weighted by Crippen LogP contribution is 2.38. The van der Waals surface area contributed by atoms with Crippen LogP contribution in [0.15, 0.2) is 18.2 Å². The van der Waals surface area contributed by atoms with Gasteiger partial charge in [0, 0.05) is 23.8 Å². The summed E-state index contributed by atoms with van der Waals surface area (Å²) in [5, 5.41) is 0.0924. The first-order valence-electron chi connectivity index (χ1n) is 6.52. The third kappa shape index (κ3) is 3.38. The van der Waals surface area contributed by atoms with Crippen molar-refractivity contribution in [1.29, 1.82) is 0 Å². The van der Waals surface area contributed by atoms with E-state index >= 15 is 0 Å². The van der Waals surface area contributed by atoms with E-state index in [1.807, 2.05) is 13.8 Å². The zero-order valence-electron chi connectivity index (χ0n) is 11.4. The van der Waals surface area contributed by atoms with E-state index < -0.39 is 11.7 Å². The predicted octanol–water partition coefficient (Wildman–Crippen LogP) is 4.22. The van der Waals surface area contributed by atoms with Gasteiger partial charge in [-0.15, -0.1) is 0 Å². The Hall–Kier alpha value is -0.940. The number of alkyl halides is 3.